The van der Waals surface area contributed by atoms with E-state index in [9.17, 15) is 19.5 Å². The molecule has 4 N–H and O–H groups in total. The first-order valence-electron chi connectivity index (χ1n) is 16.7. The summed E-state index contributed by atoms with van der Waals surface area (Å²) in [6.45, 7) is 2.13. The molecule has 1 fully saturated rings. The number of aliphatic hydroxyl groups is 1. The van der Waals surface area contributed by atoms with Crippen LogP contribution in [0.3, 0.4) is 0 Å². The van der Waals surface area contributed by atoms with Crippen LogP contribution >= 0.6 is 0 Å². The first kappa shape index (κ1) is 34.6. The quantitative estimate of drug-likeness (QED) is 0.154. The number of carbonyl (C=O) groups is 2. The number of nitrogens with one attached hydrogen (secondary N) is 3. The second-order valence-corrected chi connectivity index (χ2v) is 12.7. The molecule has 1 aromatic heterocycles. The summed E-state index contributed by atoms with van der Waals surface area (Å²) in [5.41, 5.74) is 2.16. The van der Waals surface area contributed by atoms with Crippen LogP contribution in [0.1, 0.15) is 82.6 Å². The van der Waals surface area contributed by atoms with Gasteiger partial charge in [-0.15, -0.1) is 0 Å². The Kier molecular flexibility index (Phi) is 11.5. The van der Waals surface area contributed by atoms with E-state index in [1.165, 1.54) is 12.1 Å². The van der Waals surface area contributed by atoms with Crippen LogP contribution in [0.2, 0.25) is 0 Å². The molecule has 48 heavy (non-hydrogen) atoms. The van der Waals surface area contributed by atoms with Gasteiger partial charge >= 0.3 is 0 Å². The van der Waals surface area contributed by atoms with Crippen molar-refractivity contribution in [2.75, 3.05) is 20.7 Å². The third-order valence-corrected chi connectivity index (χ3v) is 9.58. The van der Waals surface area contributed by atoms with E-state index >= 15 is 0 Å². The maximum absolute atomic E-state index is 13.7. The number of hydrogen-bond donors (Lipinski definition) is 4. The van der Waals surface area contributed by atoms with Crippen molar-refractivity contribution >= 4 is 11.8 Å². The number of rotatable bonds is 13. The van der Waals surface area contributed by atoms with Gasteiger partial charge in [-0.1, -0.05) is 92.1 Å². The number of benzene rings is 3. The van der Waals surface area contributed by atoms with Gasteiger partial charge in [-0.3, -0.25) is 14.4 Å². The average Bonchev–Trinajstić information content (AvgIpc) is 3.13. The number of pyridine rings is 1. The molecule has 3 aromatic carbocycles. The molecule has 5 rings (SSSR count). The van der Waals surface area contributed by atoms with Crippen LogP contribution in [0.4, 0.5) is 0 Å². The molecule has 0 spiro atoms. The summed E-state index contributed by atoms with van der Waals surface area (Å²) in [5.74, 6) is -0.183. The van der Waals surface area contributed by atoms with Crippen molar-refractivity contribution in [3.63, 3.8) is 0 Å². The van der Waals surface area contributed by atoms with Crippen molar-refractivity contribution in [3.05, 3.63) is 135 Å². The van der Waals surface area contributed by atoms with Gasteiger partial charge in [0, 0.05) is 30.8 Å². The molecule has 0 bridgehead atoms. The largest absolute Gasteiger partial charge is 0.497 e. The fraction of sp³-hybridized carbons (Fsp3) is 0.359. The molecule has 2 amide bonds. The molecule has 1 saturated carbocycles. The third kappa shape index (κ3) is 8.40. The maximum atomic E-state index is 13.7. The van der Waals surface area contributed by atoms with Gasteiger partial charge in [-0.05, 0) is 61.1 Å². The van der Waals surface area contributed by atoms with E-state index in [1.807, 2.05) is 79.7 Å². The monoisotopic (exact) mass is 650 g/mol. The smallest absolute Gasteiger partial charge is 0.268 e. The van der Waals surface area contributed by atoms with Crippen LogP contribution in [0.25, 0.3) is 0 Å². The topological polar surface area (TPSA) is 124 Å². The van der Waals surface area contributed by atoms with E-state index in [0.717, 1.165) is 54.5 Å². The summed E-state index contributed by atoms with van der Waals surface area (Å²) in [6, 6.07) is 29.0. The molecule has 252 valence electrons. The molecule has 0 saturated heterocycles. The Morgan fingerprint density at radius 2 is 1.62 bits per heavy atom. The molecule has 0 unspecified atom stereocenters. The molecular weight excluding hydrogens is 604 g/mol. The van der Waals surface area contributed by atoms with Gasteiger partial charge in [0.05, 0.1) is 25.3 Å². The minimum absolute atomic E-state index is 0.0510. The second-order valence-electron chi connectivity index (χ2n) is 12.7. The van der Waals surface area contributed by atoms with E-state index in [-0.39, 0.29) is 35.3 Å². The molecule has 3 atom stereocenters. The average molecular weight is 651 g/mol. The number of carbonyl (C=O) groups excluding carboxylic acids is 2. The SMILES string of the molecule is COc1cccc(C2(NC[C@@H](O)[C@H](Cc3ccccc3)NC(=O)c3cc(C(=O)N(C)[C@H](C)c4ccccc4)cc(=O)[nH]3)CCCCC2)c1. The van der Waals surface area contributed by atoms with E-state index < -0.39 is 23.6 Å². The summed E-state index contributed by atoms with van der Waals surface area (Å²) in [7, 11) is 3.33. The second kappa shape index (κ2) is 15.9. The lowest BCUT2D eigenvalue weighted by Gasteiger charge is -2.40. The number of aliphatic hydroxyl groups excluding tert-OH is 1. The molecular formula is C39H46N4O5. The molecule has 4 aromatic rings. The predicted octanol–water partition coefficient (Wildman–Crippen LogP) is 5.37. The number of nitrogens with zero attached hydrogens (tertiary/aromatic N) is 1. The Bertz CT molecular complexity index is 1720. The number of hydrogen-bond acceptors (Lipinski definition) is 6. The van der Waals surface area contributed by atoms with E-state index in [0.29, 0.717) is 6.42 Å². The van der Waals surface area contributed by atoms with Crippen LogP contribution in [0.5, 0.6) is 5.75 Å². The Balaban J connectivity index is 1.35. The highest BCUT2D eigenvalue weighted by Crippen LogP contribution is 2.38. The van der Waals surface area contributed by atoms with Crippen LogP contribution in [-0.4, -0.2) is 59.7 Å². The van der Waals surface area contributed by atoms with Gasteiger partial charge in [0.1, 0.15) is 11.4 Å². The molecule has 1 aliphatic carbocycles. The lowest BCUT2D eigenvalue weighted by atomic mass is 9.76. The summed E-state index contributed by atoms with van der Waals surface area (Å²) in [6.07, 6.45) is 4.51. The van der Waals surface area contributed by atoms with Crippen LogP contribution in [-0.2, 0) is 12.0 Å². The number of aromatic amines is 1. The molecule has 0 radical (unpaired) electrons. The zero-order chi connectivity index (χ0) is 34.1. The predicted molar refractivity (Wildman–Crippen MR) is 187 cm³/mol. The zero-order valence-electron chi connectivity index (χ0n) is 27.9. The van der Waals surface area contributed by atoms with Crippen LogP contribution < -0.4 is 20.9 Å². The first-order valence-corrected chi connectivity index (χ1v) is 16.7. The maximum Gasteiger partial charge on any atom is 0.268 e. The Morgan fingerprint density at radius 1 is 0.938 bits per heavy atom. The molecule has 9 heteroatoms. The normalized spacial score (nSPS) is 15.9. The lowest BCUT2D eigenvalue weighted by molar-refractivity contribution is 0.0742. The van der Waals surface area contributed by atoms with Crippen molar-refractivity contribution in [3.8, 4) is 5.75 Å². The summed E-state index contributed by atoms with van der Waals surface area (Å²) >= 11 is 0. The summed E-state index contributed by atoms with van der Waals surface area (Å²) in [4.78, 5) is 44.0. The number of methoxy groups -OCH3 is 1. The van der Waals surface area contributed by atoms with Crippen LogP contribution in [0, 0.1) is 0 Å². The molecule has 9 nitrogen and oxygen atoms in total. The highest BCUT2D eigenvalue weighted by atomic mass is 16.5. The van der Waals surface area contributed by atoms with Gasteiger partial charge in [0.2, 0.25) is 5.56 Å². The summed E-state index contributed by atoms with van der Waals surface area (Å²) in [5, 5.41) is 18.3. The number of H-pyrrole nitrogens is 1. The standard InChI is InChI=1S/C39H46N4O5/c1-27(29-16-9-5-10-17-29)43(2)38(47)30-23-34(41-36(45)24-30)37(46)42-33(22-28-14-7-4-8-15-28)35(44)26-40-39(20-11-6-12-21-39)31-18-13-19-32(25-31)48-3/h4-5,7-10,13-19,23-25,27,33,35,40,44H,6,11-12,20-22,26H2,1-3H3,(H,41,45)(H,42,46)/t27-,33+,35-/m1/s1. The highest BCUT2D eigenvalue weighted by Gasteiger charge is 2.35. The van der Waals surface area contributed by atoms with Crippen molar-refractivity contribution in [2.24, 2.45) is 0 Å². The van der Waals surface area contributed by atoms with Gasteiger partial charge in [-0.25, -0.2) is 0 Å². The number of aromatic nitrogens is 1. The molecule has 1 heterocycles. The van der Waals surface area contributed by atoms with Crippen molar-refractivity contribution < 1.29 is 19.4 Å². The van der Waals surface area contributed by atoms with E-state index in [1.54, 1.807) is 19.1 Å². The lowest BCUT2D eigenvalue weighted by Crippen LogP contribution is -2.53. The van der Waals surface area contributed by atoms with E-state index in [4.69, 9.17) is 4.74 Å². The number of amides is 2. The highest BCUT2D eigenvalue weighted by molar-refractivity contribution is 5.98. The van der Waals surface area contributed by atoms with Crippen molar-refractivity contribution in [1.29, 1.82) is 0 Å². The number of ether oxygens (including phenoxy) is 1. The zero-order valence-corrected chi connectivity index (χ0v) is 27.9. The van der Waals surface area contributed by atoms with E-state index in [2.05, 4.69) is 27.8 Å². The molecule has 0 aliphatic heterocycles. The van der Waals surface area contributed by atoms with Gasteiger partial charge < -0.3 is 30.4 Å². The Labute approximate surface area is 282 Å². The molecule has 1 aliphatic rings. The van der Waals surface area contributed by atoms with Gasteiger partial charge in [0.15, 0.2) is 0 Å². The van der Waals surface area contributed by atoms with Gasteiger partial charge in [-0.2, -0.15) is 0 Å². The fourth-order valence-electron chi connectivity index (χ4n) is 6.61. The van der Waals surface area contributed by atoms with Crippen molar-refractivity contribution in [2.45, 2.75) is 69.2 Å². The van der Waals surface area contributed by atoms with Crippen LogP contribution in [0.15, 0.2) is 102 Å². The van der Waals surface area contributed by atoms with Crippen molar-refractivity contribution in [1.82, 2.24) is 20.5 Å². The Hall–Kier alpha value is -4.73. The summed E-state index contributed by atoms with van der Waals surface area (Å²) < 4.78 is 5.51. The Morgan fingerprint density at radius 3 is 2.31 bits per heavy atom. The minimum atomic E-state index is -0.965. The van der Waals surface area contributed by atoms with Gasteiger partial charge in [0.25, 0.3) is 11.8 Å². The first-order chi connectivity index (χ1) is 23.2. The minimum Gasteiger partial charge on any atom is -0.497 e. The third-order valence-electron chi connectivity index (χ3n) is 9.58. The fourth-order valence-corrected chi connectivity index (χ4v) is 6.61.